The van der Waals surface area contributed by atoms with Crippen LogP contribution in [0.3, 0.4) is 0 Å². The highest BCUT2D eigenvalue weighted by atomic mass is 35.5. The predicted octanol–water partition coefficient (Wildman–Crippen LogP) is 3.53. The predicted molar refractivity (Wildman–Crippen MR) is 84.8 cm³/mol. The molecule has 1 aliphatic heterocycles. The highest BCUT2D eigenvalue weighted by molar-refractivity contribution is 6.36. The number of esters is 1. The van der Waals surface area contributed by atoms with Crippen molar-refractivity contribution in [2.75, 3.05) is 13.7 Å². The van der Waals surface area contributed by atoms with Gasteiger partial charge in [0.05, 0.1) is 18.2 Å². The van der Waals surface area contributed by atoms with Crippen LogP contribution in [0, 0.1) is 0 Å². The summed E-state index contributed by atoms with van der Waals surface area (Å²) in [6.45, 7) is 3.63. The van der Waals surface area contributed by atoms with E-state index in [-0.39, 0.29) is 12.6 Å². The molecule has 2 amide bonds. The topological polar surface area (TPSA) is 58.6 Å². The van der Waals surface area contributed by atoms with Crippen LogP contribution in [0.2, 0.25) is 10.0 Å². The van der Waals surface area contributed by atoms with E-state index < -0.39 is 12.0 Å². The maximum atomic E-state index is 12.3. The molecule has 0 saturated carbocycles. The second-order valence-corrected chi connectivity index (χ2v) is 5.61. The van der Waals surface area contributed by atoms with Gasteiger partial charge < -0.3 is 15.0 Å². The summed E-state index contributed by atoms with van der Waals surface area (Å²) < 4.78 is 5.11. The molecule has 0 spiro atoms. The molecule has 0 radical (unpaired) electrons. The molecule has 5 nitrogen and oxygen atoms in total. The number of amides is 2. The van der Waals surface area contributed by atoms with Gasteiger partial charge in [-0.3, -0.25) is 0 Å². The van der Waals surface area contributed by atoms with Crippen LogP contribution in [0.4, 0.5) is 4.79 Å². The van der Waals surface area contributed by atoms with Gasteiger partial charge in [-0.1, -0.05) is 29.3 Å². The Morgan fingerprint density at radius 1 is 1.36 bits per heavy atom. The van der Waals surface area contributed by atoms with Gasteiger partial charge in [-0.15, -0.1) is 0 Å². The van der Waals surface area contributed by atoms with Gasteiger partial charge in [0.1, 0.15) is 0 Å². The number of nitrogens with one attached hydrogen (secondary N) is 1. The number of ether oxygens (including phenoxy) is 1. The van der Waals surface area contributed by atoms with Crippen molar-refractivity contribution in [1.29, 1.82) is 0 Å². The fourth-order valence-corrected chi connectivity index (χ4v) is 2.93. The fraction of sp³-hybridized carbons (Fsp3) is 0.333. The molecule has 0 aliphatic carbocycles. The largest absolute Gasteiger partial charge is 0.463 e. The van der Waals surface area contributed by atoms with Crippen LogP contribution in [0.5, 0.6) is 0 Å². The first-order valence-electron chi connectivity index (χ1n) is 6.74. The summed E-state index contributed by atoms with van der Waals surface area (Å²) in [4.78, 5) is 25.8. The molecule has 1 aromatic rings. The lowest BCUT2D eigenvalue weighted by Gasteiger charge is -2.33. The van der Waals surface area contributed by atoms with E-state index in [1.165, 1.54) is 4.90 Å². The Labute approximate surface area is 138 Å². The van der Waals surface area contributed by atoms with E-state index in [0.717, 1.165) is 0 Å². The van der Waals surface area contributed by atoms with Crippen LogP contribution in [0.1, 0.15) is 25.5 Å². The molecule has 2 rings (SSSR count). The molecule has 0 bridgehead atoms. The van der Waals surface area contributed by atoms with Gasteiger partial charge >= 0.3 is 12.0 Å². The third kappa shape index (κ3) is 2.91. The van der Waals surface area contributed by atoms with Gasteiger partial charge in [0.15, 0.2) is 0 Å². The average molecular weight is 343 g/mol. The first-order valence-corrected chi connectivity index (χ1v) is 7.50. The van der Waals surface area contributed by atoms with E-state index in [9.17, 15) is 9.59 Å². The van der Waals surface area contributed by atoms with Gasteiger partial charge in [0.25, 0.3) is 0 Å². The summed E-state index contributed by atoms with van der Waals surface area (Å²) >= 11 is 12.4. The number of allylic oxidation sites excluding steroid dienone is 1. The molecule has 1 atom stereocenters. The van der Waals surface area contributed by atoms with E-state index >= 15 is 0 Å². The number of nitrogens with zero attached hydrogens (tertiary/aromatic N) is 1. The number of rotatable bonds is 3. The summed E-state index contributed by atoms with van der Waals surface area (Å²) in [7, 11) is 1.58. The van der Waals surface area contributed by atoms with Gasteiger partial charge in [0, 0.05) is 28.4 Å². The molecule has 1 aromatic carbocycles. The van der Waals surface area contributed by atoms with Crippen molar-refractivity contribution in [2.45, 2.75) is 19.9 Å². The summed E-state index contributed by atoms with van der Waals surface area (Å²) in [5.41, 5.74) is 1.30. The smallest absolute Gasteiger partial charge is 0.338 e. The SMILES string of the molecule is CCOC(=O)C1=C(C)N(C)C(=O)NC1c1c(Cl)cccc1Cl. The molecular formula is C15H16Cl2N2O3. The minimum Gasteiger partial charge on any atom is -0.463 e. The van der Waals surface area contributed by atoms with E-state index in [0.29, 0.717) is 26.9 Å². The van der Waals surface area contributed by atoms with Crippen LogP contribution in [-0.4, -0.2) is 30.6 Å². The number of carbonyl (C=O) groups excluding carboxylic acids is 2. The maximum absolute atomic E-state index is 12.3. The number of halogens is 2. The minimum atomic E-state index is -0.746. The molecule has 118 valence electrons. The average Bonchev–Trinajstić information content (AvgIpc) is 2.45. The number of hydrogen-bond acceptors (Lipinski definition) is 3. The first-order chi connectivity index (χ1) is 10.4. The molecule has 1 unspecified atom stereocenters. The van der Waals surface area contributed by atoms with Crippen LogP contribution >= 0.6 is 23.2 Å². The molecular weight excluding hydrogens is 327 g/mol. The maximum Gasteiger partial charge on any atom is 0.338 e. The second kappa shape index (κ2) is 6.58. The van der Waals surface area contributed by atoms with Crippen molar-refractivity contribution in [2.24, 2.45) is 0 Å². The Bertz CT molecular complexity index is 638. The van der Waals surface area contributed by atoms with Crippen molar-refractivity contribution < 1.29 is 14.3 Å². The van der Waals surface area contributed by atoms with Crippen LogP contribution in [-0.2, 0) is 9.53 Å². The third-order valence-electron chi connectivity index (χ3n) is 3.54. The number of benzene rings is 1. The van der Waals surface area contributed by atoms with E-state index in [2.05, 4.69) is 5.32 Å². The highest BCUT2D eigenvalue weighted by Crippen LogP contribution is 2.38. The zero-order valence-corrected chi connectivity index (χ0v) is 14.0. The van der Waals surface area contributed by atoms with Crippen molar-refractivity contribution in [3.63, 3.8) is 0 Å². The van der Waals surface area contributed by atoms with Gasteiger partial charge in [-0.05, 0) is 26.0 Å². The minimum absolute atomic E-state index is 0.232. The number of hydrogen-bond donors (Lipinski definition) is 1. The van der Waals surface area contributed by atoms with Gasteiger partial charge in [0.2, 0.25) is 0 Å². The Morgan fingerprint density at radius 3 is 2.50 bits per heavy atom. The zero-order chi connectivity index (χ0) is 16.4. The monoisotopic (exact) mass is 342 g/mol. The van der Waals surface area contributed by atoms with Gasteiger partial charge in [-0.2, -0.15) is 0 Å². The lowest BCUT2D eigenvalue weighted by Crippen LogP contribution is -2.46. The summed E-state index contributed by atoms with van der Waals surface area (Å²) in [6, 6.07) is 3.93. The molecule has 0 fully saturated rings. The quantitative estimate of drug-likeness (QED) is 0.855. The van der Waals surface area contributed by atoms with Crippen molar-refractivity contribution in [3.8, 4) is 0 Å². The zero-order valence-electron chi connectivity index (χ0n) is 12.4. The Balaban J connectivity index is 2.61. The summed E-state index contributed by atoms with van der Waals surface area (Å²) in [5, 5.41) is 3.49. The van der Waals surface area contributed by atoms with Crippen molar-refractivity contribution in [3.05, 3.63) is 45.1 Å². The Kier molecular flexibility index (Phi) is 4.98. The molecule has 0 aromatic heterocycles. The lowest BCUT2D eigenvalue weighted by molar-refractivity contribution is -0.139. The fourth-order valence-electron chi connectivity index (χ4n) is 2.31. The van der Waals surface area contributed by atoms with Crippen LogP contribution in [0.15, 0.2) is 29.5 Å². The Hall–Kier alpha value is -1.72. The van der Waals surface area contributed by atoms with E-state index in [4.69, 9.17) is 27.9 Å². The highest BCUT2D eigenvalue weighted by Gasteiger charge is 2.36. The molecule has 1 heterocycles. The molecule has 7 heteroatoms. The standard InChI is InChI=1S/C15H16Cl2N2O3/c1-4-22-14(20)11-8(2)19(3)15(21)18-13(11)12-9(16)6-5-7-10(12)17/h5-7,13H,4H2,1-3H3,(H,18,21). The van der Waals surface area contributed by atoms with Crippen LogP contribution < -0.4 is 5.32 Å². The van der Waals surface area contributed by atoms with Gasteiger partial charge in [-0.25, -0.2) is 9.59 Å². The van der Waals surface area contributed by atoms with Crippen molar-refractivity contribution >= 4 is 35.2 Å². The van der Waals surface area contributed by atoms with Crippen LogP contribution in [0.25, 0.3) is 0 Å². The molecule has 22 heavy (non-hydrogen) atoms. The summed E-state index contributed by atoms with van der Waals surface area (Å²) in [6.07, 6.45) is 0. The normalized spacial score (nSPS) is 18.3. The first kappa shape index (κ1) is 16.6. The third-order valence-corrected chi connectivity index (χ3v) is 4.20. The molecule has 1 N–H and O–H groups in total. The van der Waals surface area contributed by atoms with Crippen molar-refractivity contribution in [1.82, 2.24) is 10.2 Å². The molecule has 0 saturated heterocycles. The number of carbonyl (C=O) groups is 2. The van der Waals surface area contributed by atoms with E-state index in [1.807, 2.05) is 0 Å². The second-order valence-electron chi connectivity index (χ2n) is 4.80. The molecule has 1 aliphatic rings. The summed E-state index contributed by atoms with van der Waals surface area (Å²) in [5.74, 6) is -0.507. The van der Waals surface area contributed by atoms with E-state index in [1.54, 1.807) is 39.1 Å². The Morgan fingerprint density at radius 2 is 1.95 bits per heavy atom. The lowest BCUT2D eigenvalue weighted by atomic mass is 9.95. The number of urea groups is 1.